The van der Waals surface area contributed by atoms with E-state index < -0.39 is 35.2 Å². The summed E-state index contributed by atoms with van der Waals surface area (Å²) in [6, 6.07) is 0. The standard InChI is InChI=1S/C13H19BF4NO2S/c1-11(2,12(3,4)22)21-14-8-5-9(15)10(19-6-8)20-7-13(16,17)18/h5-6,10,19,22H,7H2,1-4H3. The molecule has 0 aliphatic carbocycles. The summed E-state index contributed by atoms with van der Waals surface area (Å²) in [5.74, 6) is -0.857. The lowest BCUT2D eigenvalue weighted by Crippen LogP contribution is -2.44. The summed E-state index contributed by atoms with van der Waals surface area (Å²) in [6.07, 6.45) is -3.58. The van der Waals surface area contributed by atoms with E-state index in [1.807, 2.05) is 27.7 Å². The largest absolute Gasteiger partial charge is 0.428 e. The summed E-state index contributed by atoms with van der Waals surface area (Å²) >= 11 is 4.42. The van der Waals surface area contributed by atoms with Crippen LogP contribution in [-0.4, -0.2) is 36.8 Å². The average Bonchev–Trinajstić information content (AvgIpc) is 2.32. The van der Waals surface area contributed by atoms with E-state index in [-0.39, 0.29) is 0 Å². The van der Waals surface area contributed by atoms with Crippen molar-refractivity contribution in [1.29, 1.82) is 0 Å². The molecule has 0 saturated heterocycles. The van der Waals surface area contributed by atoms with Gasteiger partial charge < -0.3 is 14.7 Å². The molecule has 1 atom stereocenters. The van der Waals surface area contributed by atoms with Gasteiger partial charge in [0.25, 0.3) is 0 Å². The van der Waals surface area contributed by atoms with Crippen molar-refractivity contribution in [3.63, 3.8) is 0 Å². The number of hydrogen-bond acceptors (Lipinski definition) is 4. The summed E-state index contributed by atoms with van der Waals surface area (Å²) in [5.41, 5.74) is -0.291. The Morgan fingerprint density at radius 2 is 1.86 bits per heavy atom. The average molecular weight is 340 g/mol. The molecule has 0 aromatic heterocycles. The maximum Gasteiger partial charge on any atom is 0.411 e. The van der Waals surface area contributed by atoms with Crippen LogP contribution < -0.4 is 5.32 Å². The highest BCUT2D eigenvalue weighted by Crippen LogP contribution is 2.31. The van der Waals surface area contributed by atoms with E-state index in [1.165, 1.54) is 13.7 Å². The van der Waals surface area contributed by atoms with Gasteiger partial charge in [0, 0.05) is 4.75 Å². The minimum Gasteiger partial charge on any atom is -0.428 e. The molecule has 3 nitrogen and oxygen atoms in total. The highest BCUT2D eigenvalue weighted by Gasteiger charge is 2.35. The van der Waals surface area contributed by atoms with Gasteiger partial charge in [-0.15, -0.1) is 0 Å². The maximum atomic E-state index is 13.7. The first-order chi connectivity index (χ1) is 9.82. The number of nitrogens with one attached hydrogen (secondary N) is 1. The molecule has 0 aromatic carbocycles. The first-order valence-electron chi connectivity index (χ1n) is 6.57. The van der Waals surface area contributed by atoms with E-state index in [9.17, 15) is 17.6 Å². The number of thiol groups is 1. The van der Waals surface area contributed by atoms with Gasteiger partial charge in [0.15, 0.2) is 6.23 Å². The van der Waals surface area contributed by atoms with Gasteiger partial charge in [0.1, 0.15) is 12.4 Å². The molecule has 1 aliphatic rings. The molecule has 22 heavy (non-hydrogen) atoms. The van der Waals surface area contributed by atoms with Crippen LogP contribution in [0.1, 0.15) is 27.7 Å². The Bertz CT molecular complexity index is 458. The molecule has 1 aliphatic heterocycles. The minimum absolute atomic E-state index is 0.343. The Kier molecular flexibility index (Phi) is 6.03. The van der Waals surface area contributed by atoms with Crippen LogP contribution in [-0.2, 0) is 9.39 Å². The van der Waals surface area contributed by atoms with E-state index in [0.717, 1.165) is 6.08 Å². The lowest BCUT2D eigenvalue weighted by Gasteiger charge is -2.38. The van der Waals surface area contributed by atoms with Crippen molar-refractivity contribution in [3.05, 3.63) is 23.6 Å². The predicted octanol–water partition coefficient (Wildman–Crippen LogP) is 3.31. The van der Waals surface area contributed by atoms with Gasteiger partial charge >= 0.3 is 13.7 Å². The predicted molar refractivity (Wildman–Crippen MR) is 80.2 cm³/mol. The topological polar surface area (TPSA) is 30.5 Å². The first kappa shape index (κ1) is 19.4. The summed E-state index contributed by atoms with van der Waals surface area (Å²) in [7, 11) is 1.32. The third-order valence-electron chi connectivity index (χ3n) is 3.33. The van der Waals surface area contributed by atoms with Gasteiger partial charge in [-0.2, -0.15) is 25.8 Å². The Morgan fingerprint density at radius 3 is 2.32 bits per heavy atom. The Morgan fingerprint density at radius 1 is 1.27 bits per heavy atom. The van der Waals surface area contributed by atoms with Crippen molar-refractivity contribution in [2.75, 3.05) is 6.61 Å². The number of alkyl halides is 3. The molecule has 0 bridgehead atoms. The van der Waals surface area contributed by atoms with Gasteiger partial charge in [-0.05, 0) is 45.4 Å². The molecular weight excluding hydrogens is 321 g/mol. The van der Waals surface area contributed by atoms with Crippen LogP contribution in [0.5, 0.6) is 0 Å². The third-order valence-corrected chi connectivity index (χ3v) is 3.87. The van der Waals surface area contributed by atoms with Crippen LogP contribution >= 0.6 is 12.6 Å². The van der Waals surface area contributed by atoms with Gasteiger partial charge in [0.2, 0.25) is 0 Å². The van der Waals surface area contributed by atoms with Gasteiger partial charge in [-0.25, -0.2) is 4.39 Å². The Hall–Kier alpha value is -0.665. The van der Waals surface area contributed by atoms with E-state index >= 15 is 0 Å². The number of allylic oxidation sites excluding steroid dienone is 2. The highest BCUT2D eigenvalue weighted by atomic mass is 32.1. The molecular formula is C13H19BF4NO2S. The highest BCUT2D eigenvalue weighted by molar-refractivity contribution is 7.81. The van der Waals surface area contributed by atoms with Crippen molar-refractivity contribution in [1.82, 2.24) is 5.32 Å². The fourth-order valence-electron chi connectivity index (χ4n) is 1.26. The van der Waals surface area contributed by atoms with Crippen LogP contribution in [0.15, 0.2) is 23.6 Å². The molecule has 1 N–H and O–H groups in total. The molecule has 0 saturated carbocycles. The fraction of sp³-hybridized carbons (Fsp3) is 0.692. The lowest BCUT2D eigenvalue weighted by atomic mass is 9.83. The molecule has 0 spiro atoms. The van der Waals surface area contributed by atoms with Crippen molar-refractivity contribution in [2.24, 2.45) is 0 Å². The molecule has 1 heterocycles. The second kappa shape index (κ2) is 6.84. The van der Waals surface area contributed by atoms with Gasteiger partial charge in [-0.3, -0.25) is 0 Å². The molecule has 125 valence electrons. The van der Waals surface area contributed by atoms with Gasteiger partial charge in [0.05, 0.1) is 5.60 Å². The van der Waals surface area contributed by atoms with Crippen molar-refractivity contribution >= 4 is 20.1 Å². The summed E-state index contributed by atoms with van der Waals surface area (Å²) in [5, 5.41) is 2.41. The summed E-state index contributed by atoms with van der Waals surface area (Å²) < 4.78 is 59.4. The number of hydrogen-bond donors (Lipinski definition) is 2. The van der Waals surface area contributed by atoms with Crippen LogP contribution in [0, 0.1) is 0 Å². The van der Waals surface area contributed by atoms with Crippen LogP contribution in [0.3, 0.4) is 0 Å². The Labute approximate surface area is 133 Å². The number of rotatable bonds is 6. The lowest BCUT2D eigenvalue weighted by molar-refractivity contribution is -0.185. The number of dihydropyridines is 1. The second-order valence-electron chi connectivity index (χ2n) is 5.95. The van der Waals surface area contributed by atoms with Crippen LogP contribution in [0.4, 0.5) is 17.6 Å². The van der Waals surface area contributed by atoms with E-state index in [0.29, 0.717) is 5.47 Å². The van der Waals surface area contributed by atoms with Crippen molar-refractivity contribution in [2.45, 2.75) is 50.4 Å². The fourth-order valence-corrected chi connectivity index (χ4v) is 1.31. The molecule has 0 amide bonds. The molecule has 0 fully saturated rings. The normalized spacial score (nSPS) is 20.1. The number of halogens is 4. The van der Waals surface area contributed by atoms with Crippen LogP contribution in [0.25, 0.3) is 0 Å². The van der Waals surface area contributed by atoms with E-state index in [2.05, 4.69) is 22.7 Å². The number of ether oxygens (including phenoxy) is 1. The molecule has 1 unspecified atom stereocenters. The van der Waals surface area contributed by atoms with E-state index in [1.54, 1.807) is 0 Å². The molecule has 0 aromatic rings. The second-order valence-corrected chi connectivity index (χ2v) is 7.07. The molecule has 1 radical (unpaired) electrons. The van der Waals surface area contributed by atoms with Crippen molar-refractivity contribution in [3.8, 4) is 0 Å². The maximum absolute atomic E-state index is 13.7. The zero-order valence-electron chi connectivity index (χ0n) is 12.8. The monoisotopic (exact) mass is 340 g/mol. The Balaban J connectivity index is 2.55. The molecule has 1 rings (SSSR count). The van der Waals surface area contributed by atoms with Gasteiger partial charge in [-0.1, -0.05) is 0 Å². The summed E-state index contributed by atoms with van der Waals surface area (Å²) in [4.78, 5) is 0. The quantitative estimate of drug-likeness (QED) is 0.442. The first-order valence-corrected chi connectivity index (χ1v) is 7.02. The SMILES string of the molecule is CC(C)(S)C(C)(C)O[B]C1=CNC(OCC(F)(F)F)C(F)=C1. The minimum atomic E-state index is -4.51. The van der Waals surface area contributed by atoms with E-state index in [4.69, 9.17) is 4.65 Å². The molecule has 9 heteroatoms. The zero-order chi connectivity index (χ0) is 17.2. The zero-order valence-corrected chi connectivity index (χ0v) is 13.7. The summed E-state index contributed by atoms with van der Waals surface area (Å²) in [6.45, 7) is 5.85. The smallest absolute Gasteiger partial charge is 0.411 e. The van der Waals surface area contributed by atoms with Crippen LogP contribution in [0.2, 0.25) is 0 Å². The third kappa shape index (κ3) is 5.85. The van der Waals surface area contributed by atoms with Crippen molar-refractivity contribution < 1.29 is 27.0 Å².